The molecule has 0 heterocycles. The van der Waals surface area contributed by atoms with Crippen molar-refractivity contribution < 1.29 is 4.79 Å². The van der Waals surface area contributed by atoms with E-state index in [0.717, 1.165) is 6.54 Å². The van der Waals surface area contributed by atoms with E-state index in [4.69, 9.17) is 0 Å². The first-order chi connectivity index (χ1) is 9.40. The first-order valence-electron chi connectivity index (χ1n) is 7.47. The van der Waals surface area contributed by atoms with Gasteiger partial charge in [0.05, 0.1) is 6.54 Å². The second-order valence-corrected chi connectivity index (χ2v) is 6.08. The largest absolute Gasteiger partial charge is 0.352 e. The molecule has 0 fully saturated rings. The number of carbonyl (C=O) groups excluding carboxylic acids is 1. The summed E-state index contributed by atoms with van der Waals surface area (Å²) in [5, 5.41) is 3.07. The highest BCUT2D eigenvalue weighted by molar-refractivity contribution is 5.78. The Morgan fingerprint density at radius 3 is 2.20 bits per heavy atom. The van der Waals surface area contributed by atoms with Crippen LogP contribution in [0, 0.1) is 5.92 Å². The standard InChI is InChI=1S/C17H28N2O/c1-13(2)15(5)18-17(20)12-19(14(3)4)11-16-9-7-6-8-10-16/h6-10,13-15H,11-12H2,1-5H3,(H,18,20). The Labute approximate surface area is 123 Å². The number of rotatable bonds is 7. The maximum Gasteiger partial charge on any atom is 0.234 e. The van der Waals surface area contributed by atoms with Crippen molar-refractivity contribution in [2.24, 2.45) is 5.92 Å². The van der Waals surface area contributed by atoms with Gasteiger partial charge in [0.2, 0.25) is 5.91 Å². The number of carbonyl (C=O) groups is 1. The maximum atomic E-state index is 12.1. The Morgan fingerprint density at radius 1 is 1.10 bits per heavy atom. The second-order valence-electron chi connectivity index (χ2n) is 6.08. The number of hydrogen-bond donors (Lipinski definition) is 1. The van der Waals surface area contributed by atoms with Crippen LogP contribution in [-0.4, -0.2) is 29.4 Å². The molecule has 0 spiro atoms. The summed E-state index contributed by atoms with van der Waals surface area (Å²) in [7, 11) is 0. The van der Waals surface area contributed by atoms with Crippen molar-refractivity contribution in [1.29, 1.82) is 0 Å². The highest BCUT2D eigenvalue weighted by atomic mass is 16.2. The van der Waals surface area contributed by atoms with E-state index in [1.165, 1.54) is 5.56 Å². The summed E-state index contributed by atoms with van der Waals surface area (Å²) in [6.45, 7) is 11.8. The van der Waals surface area contributed by atoms with Crippen molar-refractivity contribution in [3.8, 4) is 0 Å². The molecule has 0 radical (unpaired) electrons. The monoisotopic (exact) mass is 276 g/mol. The second kappa shape index (κ2) is 8.05. The Kier molecular flexibility index (Phi) is 6.73. The van der Waals surface area contributed by atoms with E-state index < -0.39 is 0 Å². The van der Waals surface area contributed by atoms with Gasteiger partial charge in [0.15, 0.2) is 0 Å². The molecule has 1 amide bonds. The third-order valence-corrected chi connectivity index (χ3v) is 3.69. The van der Waals surface area contributed by atoms with Crippen molar-refractivity contribution in [2.75, 3.05) is 6.54 Å². The number of amides is 1. The molecule has 20 heavy (non-hydrogen) atoms. The van der Waals surface area contributed by atoms with Crippen molar-refractivity contribution in [2.45, 2.75) is 53.2 Å². The molecule has 0 aromatic heterocycles. The predicted octanol–water partition coefficient (Wildman–Crippen LogP) is 3.06. The quantitative estimate of drug-likeness (QED) is 0.830. The van der Waals surface area contributed by atoms with Gasteiger partial charge in [0, 0.05) is 18.6 Å². The molecule has 0 saturated heterocycles. The van der Waals surface area contributed by atoms with Gasteiger partial charge < -0.3 is 5.32 Å². The summed E-state index contributed by atoms with van der Waals surface area (Å²) < 4.78 is 0. The highest BCUT2D eigenvalue weighted by Gasteiger charge is 2.16. The molecule has 112 valence electrons. The van der Waals surface area contributed by atoms with Gasteiger partial charge in [-0.25, -0.2) is 0 Å². The van der Waals surface area contributed by atoms with E-state index in [2.05, 4.69) is 57.0 Å². The average Bonchev–Trinajstić information content (AvgIpc) is 2.38. The first-order valence-corrected chi connectivity index (χ1v) is 7.47. The minimum absolute atomic E-state index is 0.107. The smallest absolute Gasteiger partial charge is 0.234 e. The molecule has 1 atom stereocenters. The summed E-state index contributed by atoms with van der Waals surface area (Å²) in [5.41, 5.74) is 1.24. The van der Waals surface area contributed by atoms with Crippen molar-refractivity contribution in [3.63, 3.8) is 0 Å². The Hall–Kier alpha value is -1.35. The van der Waals surface area contributed by atoms with Crippen LogP contribution in [0.25, 0.3) is 0 Å². The molecule has 1 aromatic carbocycles. The minimum Gasteiger partial charge on any atom is -0.352 e. The van der Waals surface area contributed by atoms with Gasteiger partial charge in [-0.1, -0.05) is 44.2 Å². The molecule has 1 N–H and O–H groups in total. The zero-order valence-corrected chi connectivity index (χ0v) is 13.4. The topological polar surface area (TPSA) is 32.3 Å². The summed E-state index contributed by atoms with van der Waals surface area (Å²) in [4.78, 5) is 14.3. The molecule has 1 rings (SSSR count). The fourth-order valence-electron chi connectivity index (χ4n) is 1.89. The Bertz CT molecular complexity index is 401. The number of nitrogens with zero attached hydrogens (tertiary/aromatic N) is 1. The van der Waals surface area contributed by atoms with Crippen LogP contribution in [-0.2, 0) is 11.3 Å². The molecular weight excluding hydrogens is 248 g/mol. The van der Waals surface area contributed by atoms with Gasteiger partial charge in [-0.2, -0.15) is 0 Å². The number of benzene rings is 1. The maximum absolute atomic E-state index is 12.1. The Balaban J connectivity index is 2.57. The van der Waals surface area contributed by atoms with Crippen LogP contribution in [0.5, 0.6) is 0 Å². The van der Waals surface area contributed by atoms with E-state index in [9.17, 15) is 4.79 Å². The molecule has 0 bridgehead atoms. The van der Waals surface area contributed by atoms with Gasteiger partial charge in [-0.05, 0) is 32.3 Å². The molecule has 0 aliphatic heterocycles. The van der Waals surface area contributed by atoms with E-state index in [1.54, 1.807) is 0 Å². The minimum atomic E-state index is 0.107. The highest BCUT2D eigenvalue weighted by Crippen LogP contribution is 2.08. The summed E-state index contributed by atoms with van der Waals surface area (Å²) in [5.74, 6) is 0.566. The van der Waals surface area contributed by atoms with Crippen molar-refractivity contribution in [1.82, 2.24) is 10.2 Å². The lowest BCUT2D eigenvalue weighted by Crippen LogP contribution is -2.44. The molecule has 1 aromatic rings. The van der Waals surface area contributed by atoms with Gasteiger partial charge in [0.1, 0.15) is 0 Å². The van der Waals surface area contributed by atoms with E-state index in [1.807, 2.05) is 18.2 Å². The van der Waals surface area contributed by atoms with Crippen molar-refractivity contribution in [3.05, 3.63) is 35.9 Å². The molecule has 0 aliphatic carbocycles. The van der Waals surface area contributed by atoms with Gasteiger partial charge in [-0.15, -0.1) is 0 Å². The average molecular weight is 276 g/mol. The lowest BCUT2D eigenvalue weighted by molar-refractivity contribution is -0.123. The first kappa shape index (κ1) is 16.7. The number of hydrogen-bond acceptors (Lipinski definition) is 2. The van der Waals surface area contributed by atoms with Crippen LogP contribution in [0.2, 0.25) is 0 Å². The number of nitrogens with one attached hydrogen (secondary N) is 1. The SMILES string of the molecule is CC(C)C(C)NC(=O)CN(Cc1ccccc1)C(C)C. The van der Waals surface area contributed by atoms with Crippen LogP contribution in [0.1, 0.15) is 40.2 Å². The van der Waals surface area contributed by atoms with E-state index >= 15 is 0 Å². The molecular formula is C17H28N2O. The van der Waals surface area contributed by atoms with Crippen LogP contribution < -0.4 is 5.32 Å². The molecule has 0 saturated carbocycles. The van der Waals surface area contributed by atoms with Gasteiger partial charge >= 0.3 is 0 Å². The fourth-order valence-corrected chi connectivity index (χ4v) is 1.89. The van der Waals surface area contributed by atoms with Crippen LogP contribution in [0.3, 0.4) is 0 Å². The molecule has 3 heteroatoms. The van der Waals surface area contributed by atoms with E-state index in [-0.39, 0.29) is 11.9 Å². The van der Waals surface area contributed by atoms with Gasteiger partial charge in [-0.3, -0.25) is 9.69 Å². The fraction of sp³-hybridized carbons (Fsp3) is 0.588. The lowest BCUT2D eigenvalue weighted by Gasteiger charge is -2.27. The summed E-state index contributed by atoms with van der Waals surface area (Å²) in [6, 6.07) is 10.8. The summed E-state index contributed by atoms with van der Waals surface area (Å²) >= 11 is 0. The predicted molar refractivity (Wildman–Crippen MR) is 84.4 cm³/mol. The van der Waals surface area contributed by atoms with E-state index in [0.29, 0.717) is 18.5 Å². The molecule has 1 unspecified atom stereocenters. The van der Waals surface area contributed by atoms with Crippen LogP contribution in [0.4, 0.5) is 0 Å². The van der Waals surface area contributed by atoms with Crippen LogP contribution in [0.15, 0.2) is 30.3 Å². The lowest BCUT2D eigenvalue weighted by atomic mass is 10.1. The molecule has 3 nitrogen and oxygen atoms in total. The molecule has 0 aliphatic rings. The normalized spacial score (nSPS) is 13.0. The zero-order valence-electron chi connectivity index (χ0n) is 13.4. The summed E-state index contributed by atoms with van der Waals surface area (Å²) in [6.07, 6.45) is 0. The zero-order chi connectivity index (χ0) is 15.1. The Morgan fingerprint density at radius 2 is 1.70 bits per heavy atom. The third-order valence-electron chi connectivity index (χ3n) is 3.69. The van der Waals surface area contributed by atoms with Crippen molar-refractivity contribution >= 4 is 5.91 Å². The third kappa shape index (κ3) is 5.74. The van der Waals surface area contributed by atoms with Crippen LogP contribution >= 0.6 is 0 Å². The van der Waals surface area contributed by atoms with Gasteiger partial charge in [0.25, 0.3) is 0 Å².